The molecule has 2 rings (SSSR count). The number of nitrogens with two attached hydrogens (primary N) is 1. The quantitative estimate of drug-likeness (QED) is 0.855. The van der Waals surface area contributed by atoms with Gasteiger partial charge >= 0.3 is 0 Å². The van der Waals surface area contributed by atoms with Gasteiger partial charge in [-0.05, 0) is 42.8 Å². The Bertz CT molecular complexity index is 661. The number of nitriles is 1. The average Bonchev–Trinajstić information content (AvgIpc) is 2.52. The minimum atomic E-state index is 0.549. The number of nitrogens with zero attached hydrogens (tertiary/aromatic N) is 2. The highest BCUT2D eigenvalue weighted by atomic mass is 16.5. The molecule has 0 aliphatic heterocycles. The van der Waals surface area contributed by atoms with Crippen LogP contribution < -0.4 is 15.4 Å². The van der Waals surface area contributed by atoms with Crippen LogP contribution in [0.25, 0.3) is 0 Å². The molecule has 0 saturated heterocycles. The first-order valence-corrected chi connectivity index (χ1v) is 6.85. The fourth-order valence-electron chi connectivity index (χ4n) is 2.25. The minimum Gasteiger partial charge on any atom is -0.495 e. The number of nitrogen functional groups attached to an aromatic ring is 1. The third kappa shape index (κ3) is 3.46. The molecule has 0 amide bonds. The monoisotopic (exact) mass is 281 g/mol. The van der Waals surface area contributed by atoms with Gasteiger partial charge in [0, 0.05) is 24.5 Å². The van der Waals surface area contributed by atoms with Crippen LogP contribution in [-0.4, -0.2) is 13.7 Å². The van der Waals surface area contributed by atoms with Crippen molar-refractivity contribution in [2.75, 3.05) is 24.3 Å². The Morgan fingerprint density at radius 1 is 1.24 bits per heavy atom. The standard InChI is InChI=1S/C17H19N3O/c1-3-20(16-6-4-5-15(19)10-16)12-13-7-8-14(11-18)17(9-13)21-2/h4-10H,3,12,19H2,1-2H3. The summed E-state index contributed by atoms with van der Waals surface area (Å²) >= 11 is 0. The van der Waals surface area contributed by atoms with E-state index in [1.807, 2.05) is 36.4 Å². The Morgan fingerprint density at radius 2 is 2.05 bits per heavy atom. The Kier molecular flexibility index (Phi) is 4.68. The van der Waals surface area contributed by atoms with E-state index in [0.29, 0.717) is 11.3 Å². The molecule has 0 radical (unpaired) electrons. The number of hydrogen-bond donors (Lipinski definition) is 1. The van der Waals surface area contributed by atoms with Crippen LogP contribution in [0.2, 0.25) is 0 Å². The maximum absolute atomic E-state index is 9.02. The van der Waals surface area contributed by atoms with Gasteiger partial charge in [-0.25, -0.2) is 0 Å². The van der Waals surface area contributed by atoms with Gasteiger partial charge in [0.1, 0.15) is 11.8 Å². The minimum absolute atomic E-state index is 0.549. The zero-order valence-electron chi connectivity index (χ0n) is 12.3. The maximum atomic E-state index is 9.02. The smallest absolute Gasteiger partial charge is 0.136 e. The number of anilines is 2. The normalized spacial score (nSPS) is 9.95. The largest absolute Gasteiger partial charge is 0.495 e. The van der Waals surface area contributed by atoms with Gasteiger partial charge in [-0.15, -0.1) is 0 Å². The van der Waals surface area contributed by atoms with Crippen LogP contribution in [-0.2, 0) is 6.54 Å². The van der Waals surface area contributed by atoms with Crippen molar-refractivity contribution in [3.63, 3.8) is 0 Å². The molecule has 0 unspecified atom stereocenters. The molecule has 2 aromatic carbocycles. The fourth-order valence-corrected chi connectivity index (χ4v) is 2.25. The molecule has 2 N–H and O–H groups in total. The van der Waals surface area contributed by atoms with E-state index in [4.69, 9.17) is 15.7 Å². The average molecular weight is 281 g/mol. The summed E-state index contributed by atoms with van der Waals surface area (Å²) in [6.45, 7) is 3.71. The lowest BCUT2D eigenvalue weighted by molar-refractivity contribution is 0.413. The van der Waals surface area contributed by atoms with Crippen molar-refractivity contribution in [3.8, 4) is 11.8 Å². The van der Waals surface area contributed by atoms with Crippen molar-refractivity contribution in [1.82, 2.24) is 0 Å². The van der Waals surface area contributed by atoms with E-state index in [0.717, 1.165) is 30.0 Å². The summed E-state index contributed by atoms with van der Waals surface area (Å²) < 4.78 is 5.26. The van der Waals surface area contributed by atoms with E-state index < -0.39 is 0 Å². The second-order valence-electron chi connectivity index (χ2n) is 4.76. The zero-order chi connectivity index (χ0) is 15.2. The SMILES string of the molecule is CCN(Cc1ccc(C#N)c(OC)c1)c1cccc(N)c1. The molecule has 0 spiro atoms. The molecular weight excluding hydrogens is 262 g/mol. The van der Waals surface area contributed by atoms with Gasteiger partial charge in [-0.3, -0.25) is 0 Å². The predicted molar refractivity (Wildman–Crippen MR) is 85.3 cm³/mol. The number of hydrogen-bond acceptors (Lipinski definition) is 4. The summed E-state index contributed by atoms with van der Waals surface area (Å²) in [6.07, 6.45) is 0. The van der Waals surface area contributed by atoms with Gasteiger partial charge in [0.05, 0.1) is 12.7 Å². The number of benzene rings is 2. The lowest BCUT2D eigenvalue weighted by Gasteiger charge is -2.24. The summed E-state index contributed by atoms with van der Waals surface area (Å²) in [5.41, 5.74) is 9.32. The van der Waals surface area contributed by atoms with Crippen LogP contribution in [0.4, 0.5) is 11.4 Å². The van der Waals surface area contributed by atoms with Crippen molar-refractivity contribution in [1.29, 1.82) is 5.26 Å². The van der Waals surface area contributed by atoms with Gasteiger partial charge in [0.15, 0.2) is 0 Å². The van der Waals surface area contributed by atoms with Gasteiger partial charge in [0.25, 0.3) is 0 Å². The van der Waals surface area contributed by atoms with Crippen LogP contribution in [0.1, 0.15) is 18.1 Å². The Hall–Kier alpha value is -2.67. The van der Waals surface area contributed by atoms with E-state index in [-0.39, 0.29) is 0 Å². The predicted octanol–water partition coefficient (Wildman–Crippen LogP) is 3.18. The molecule has 108 valence electrons. The Labute approximate surface area is 125 Å². The van der Waals surface area contributed by atoms with Gasteiger partial charge in [-0.2, -0.15) is 5.26 Å². The summed E-state index contributed by atoms with van der Waals surface area (Å²) in [4.78, 5) is 2.22. The zero-order valence-corrected chi connectivity index (χ0v) is 12.3. The van der Waals surface area contributed by atoms with Crippen molar-refractivity contribution in [3.05, 3.63) is 53.6 Å². The molecule has 4 nitrogen and oxygen atoms in total. The summed E-state index contributed by atoms with van der Waals surface area (Å²) in [5.74, 6) is 0.610. The van der Waals surface area contributed by atoms with Gasteiger partial charge in [0.2, 0.25) is 0 Å². The van der Waals surface area contributed by atoms with Crippen LogP contribution in [0.15, 0.2) is 42.5 Å². The topological polar surface area (TPSA) is 62.3 Å². The first-order chi connectivity index (χ1) is 10.2. The molecule has 0 aliphatic carbocycles. The summed E-state index contributed by atoms with van der Waals surface area (Å²) in [5, 5.41) is 9.02. The third-order valence-corrected chi connectivity index (χ3v) is 3.38. The molecule has 0 aromatic heterocycles. The summed E-state index contributed by atoms with van der Waals surface area (Å²) in [7, 11) is 1.58. The molecule has 0 fully saturated rings. The molecule has 0 saturated carbocycles. The molecule has 21 heavy (non-hydrogen) atoms. The molecule has 0 atom stereocenters. The van der Waals surface area contributed by atoms with Crippen LogP contribution in [0.5, 0.6) is 5.75 Å². The first-order valence-electron chi connectivity index (χ1n) is 6.85. The maximum Gasteiger partial charge on any atom is 0.136 e. The lowest BCUT2D eigenvalue weighted by atomic mass is 10.1. The second kappa shape index (κ2) is 6.67. The number of ether oxygens (including phenoxy) is 1. The van der Waals surface area contributed by atoms with E-state index in [2.05, 4.69) is 17.9 Å². The Balaban J connectivity index is 2.25. The molecule has 4 heteroatoms. The van der Waals surface area contributed by atoms with E-state index in [9.17, 15) is 0 Å². The van der Waals surface area contributed by atoms with Gasteiger partial charge < -0.3 is 15.4 Å². The van der Waals surface area contributed by atoms with E-state index >= 15 is 0 Å². The highest BCUT2D eigenvalue weighted by Crippen LogP contribution is 2.23. The van der Waals surface area contributed by atoms with Crippen molar-refractivity contribution in [2.24, 2.45) is 0 Å². The summed E-state index contributed by atoms with van der Waals surface area (Å²) in [6, 6.07) is 15.6. The van der Waals surface area contributed by atoms with E-state index in [1.54, 1.807) is 13.2 Å². The fraction of sp³-hybridized carbons (Fsp3) is 0.235. The van der Waals surface area contributed by atoms with Crippen LogP contribution >= 0.6 is 0 Å². The molecule has 0 bridgehead atoms. The van der Waals surface area contributed by atoms with Crippen molar-refractivity contribution >= 4 is 11.4 Å². The van der Waals surface area contributed by atoms with Crippen molar-refractivity contribution < 1.29 is 4.74 Å². The van der Waals surface area contributed by atoms with E-state index in [1.165, 1.54) is 0 Å². The molecular formula is C17H19N3O. The molecule has 0 heterocycles. The highest BCUT2D eigenvalue weighted by molar-refractivity contribution is 5.56. The number of methoxy groups -OCH3 is 1. The first kappa shape index (κ1) is 14.7. The Morgan fingerprint density at radius 3 is 2.67 bits per heavy atom. The van der Waals surface area contributed by atoms with Crippen LogP contribution in [0.3, 0.4) is 0 Å². The third-order valence-electron chi connectivity index (χ3n) is 3.38. The number of rotatable bonds is 5. The van der Waals surface area contributed by atoms with Crippen molar-refractivity contribution in [2.45, 2.75) is 13.5 Å². The van der Waals surface area contributed by atoms with Crippen LogP contribution in [0, 0.1) is 11.3 Å². The molecule has 2 aromatic rings. The highest BCUT2D eigenvalue weighted by Gasteiger charge is 2.08. The van der Waals surface area contributed by atoms with Gasteiger partial charge in [-0.1, -0.05) is 12.1 Å². The molecule has 0 aliphatic rings. The lowest BCUT2D eigenvalue weighted by Crippen LogP contribution is -2.22. The second-order valence-corrected chi connectivity index (χ2v) is 4.76.